The summed E-state index contributed by atoms with van der Waals surface area (Å²) in [6.45, 7) is 3.29. The summed E-state index contributed by atoms with van der Waals surface area (Å²) in [5, 5.41) is 4.01. The van der Waals surface area contributed by atoms with Gasteiger partial charge < -0.3 is 9.73 Å². The lowest BCUT2D eigenvalue weighted by Gasteiger charge is -2.05. The van der Waals surface area contributed by atoms with Crippen molar-refractivity contribution in [1.82, 2.24) is 0 Å². The van der Waals surface area contributed by atoms with Gasteiger partial charge in [-0.25, -0.2) is 0 Å². The Kier molecular flexibility index (Phi) is 3.92. The normalized spacial score (nSPS) is 10.7. The third-order valence-corrected chi connectivity index (χ3v) is 3.95. The molecule has 0 unspecified atom stereocenters. The number of Topliss-reactive ketones (excluding diaryl/α,β-unsaturated/α-hetero) is 1. The maximum atomic E-state index is 12.5. The molecule has 3 rings (SSSR count). The molecule has 0 aliphatic heterocycles. The first kappa shape index (κ1) is 15.3. The molecular formula is C18H14ClNO3. The lowest BCUT2D eigenvalue weighted by atomic mass is 10.1. The second-order valence-electron chi connectivity index (χ2n) is 5.26. The van der Waals surface area contributed by atoms with Gasteiger partial charge in [-0.2, -0.15) is 0 Å². The van der Waals surface area contributed by atoms with Crippen LogP contribution < -0.4 is 5.32 Å². The van der Waals surface area contributed by atoms with E-state index in [1.807, 2.05) is 19.1 Å². The van der Waals surface area contributed by atoms with Crippen molar-refractivity contribution in [3.8, 4) is 0 Å². The van der Waals surface area contributed by atoms with E-state index in [9.17, 15) is 9.59 Å². The molecule has 0 fully saturated rings. The van der Waals surface area contributed by atoms with Gasteiger partial charge in [0.15, 0.2) is 17.1 Å². The van der Waals surface area contributed by atoms with E-state index in [0.29, 0.717) is 21.9 Å². The van der Waals surface area contributed by atoms with Crippen LogP contribution in [0.3, 0.4) is 0 Å². The number of hydrogen-bond donors (Lipinski definition) is 1. The highest BCUT2D eigenvalue weighted by molar-refractivity contribution is 6.35. The molecule has 0 aliphatic carbocycles. The van der Waals surface area contributed by atoms with Gasteiger partial charge in [-0.15, -0.1) is 0 Å². The molecule has 5 heteroatoms. The van der Waals surface area contributed by atoms with Crippen molar-refractivity contribution in [2.45, 2.75) is 13.8 Å². The number of hydrogen-bond acceptors (Lipinski definition) is 3. The van der Waals surface area contributed by atoms with E-state index in [4.69, 9.17) is 16.0 Å². The van der Waals surface area contributed by atoms with E-state index in [-0.39, 0.29) is 17.5 Å². The Morgan fingerprint density at radius 2 is 1.87 bits per heavy atom. The largest absolute Gasteiger partial charge is 0.449 e. The summed E-state index contributed by atoms with van der Waals surface area (Å²) in [6.07, 6.45) is 0. The summed E-state index contributed by atoms with van der Waals surface area (Å²) >= 11 is 6.10. The summed E-state index contributed by atoms with van der Waals surface area (Å²) in [5.41, 5.74) is 2.29. The summed E-state index contributed by atoms with van der Waals surface area (Å²) in [4.78, 5) is 23.9. The van der Waals surface area contributed by atoms with Crippen LogP contribution in [0.4, 0.5) is 5.69 Å². The van der Waals surface area contributed by atoms with Gasteiger partial charge in [-0.3, -0.25) is 9.59 Å². The molecule has 0 spiro atoms. The molecule has 23 heavy (non-hydrogen) atoms. The first-order chi connectivity index (χ1) is 11.0. The van der Waals surface area contributed by atoms with Crippen LogP contribution in [0.15, 0.2) is 46.9 Å². The van der Waals surface area contributed by atoms with Gasteiger partial charge >= 0.3 is 0 Å². The minimum atomic E-state index is -0.379. The fourth-order valence-corrected chi connectivity index (χ4v) is 2.64. The highest BCUT2D eigenvalue weighted by Crippen LogP contribution is 2.31. The van der Waals surface area contributed by atoms with Crippen LogP contribution in [0.1, 0.15) is 33.4 Å². The van der Waals surface area contributed by atoms with Gasteiger partial charge in [0.2, 0.25) is 0 Å². The van der Waals surface area contributed by atoms with Gasteiger partial charge in [-0.05, 0) is 32.0 Å². The second kappa shape index (κ2) is 5.89. The predicted molar refractivity (Wildman–Crippen MR) is 90.4 cm³/mol. The summed E-state index contributed by atoms with van der Waals surface area (Å²) in [6, 6.07) is 12.1. The number of halogens is 1. The average molecular weight is 328 g/mol. The number of aryl methyl sites for hydroxylation is 1. The number of carbonyl (C=O) groups is 2. The summed E-state index contributed by atoms with van der Waals surface area (Å²) in [7, 11) is 0. The van der Waals surface area contributed by atoms with Crippen LogP contribution in [0.5, 0.6) is 0 Å². The number of amides is 1. The molecule has 0 saturated heterocycles. The smallest absolute Gasteiger partial charge is 0.291 e. The van der Waals surface area contributed by atoms with Crippen molar-refractivity contribution in [1.29, 1.82) is 0 Å². The van der Waals surface area contributed by atoms with Gasteiger partial charge in [0.05, 0.1) is 5.02 Å². The molecule has 2 aromatic carbocycles. The summed E-state index contributed by atoms with van der Waals surface area (Å²) < 4.78 is 5.63. The number of anilines is 1. The van der Waals surface area contributed by atoms with Crippen molar-refractivity contribution in [3.63, 3.8) is 0 Å². The van der Waals surface area contributed by atoms with Crippen molar-refractivity contribution < 1.29 is 14.0 Å². The maximum Gasteiger partial charge on any atom is 0.291 e. The van der Waals surface area contributed by atoms with Gasteiger partial charge in [0.25, 0.3) is 5.91 Å². The molecule has 1 N–H and O–H groups in total. The highest BCUT2D eigenvalue weighted by atomic mass is 35.5. The number of ketones is 1. The number of para-hydroxylation sites is 1. The van der Waals surface area contributed by atoms with E-state index >= 15 is 0 Å². The molecule has 1 amide bonds. The molecule has 1 aromatic heterocycles. The Bertz CT molecular complexity index is 927. The zero-order valence-corrected chi connectivity index (χ0v) is 13.4. The van der Waals surface area contributed by atoms with Crippen molar-refractivity contribution in [3.05, 3.63) is 64.4 Å². The van der Waals surface area contributed by atoms with Crippen molar-refractivity contribution >= 4 is 39.9 Å². The Balaban J connectivity index is 1.95. The minimum Gasteiger partial charge on any atom is -0.449 e. The first-order valence-corrected chi connectivity index (χ1v) is 7.45. The third-order valence-electron chi connectivity index (χ3n) is 3.65. The molecular weight excluding hydrogens is 314 g/mol. The Morgan fingerprint density at radius 1 is 1.13 bits per heavy atom. The number of fused-ring (bicyclic) bond motifs is 1. The predicted octanol–water partition coefficient (Wildman–Crippen LogP) is 4.85. The maximum absolute atomic E-state index is 12.5. The van der Waals surface area contributed by atoms with Gasteiger partial charge in [0, 0.05) is 22.2 Å². The van der Waals surface area contributed by atoms with Crippen molar-refractivity contribution in [2.75, 3.05) is 5.32 Å². The van der Waals surface area contributed by atoms with Gasteiger partial charge in [0.1, 0.15) is 0 Å². The van der Waals surface area contributed by atoms with E-state index in [1.54, 1.807) is 30.3 Å². The molecule has 0 aliphatic rings. The molecule has 0 bridgehead atoms. The minimum absolute atomic E-state index is 0.0622. The zero-order chi connectivity index (χ0) is 16.6. The van der Waals surface area contributed by atoms with Crippen LogP contribution in [-0.2, 0) is 0 Å². The first-order valence-electron chi connectivity index (χ1n) is 7.07. The number of rotatable bonds is 3. The monoisotopic (exact) mass is 327 g/mol. The van der Waals surface area contributed by atoms with Crippen LogP contribution >= 0.6 is 11.6 Å². The fraction of sp³-hybridized carbons (Fsp3) is 0.111. The van der Waals surface area contributed by atoms with E-state index in [1.165, 1.54) is 6.92 Å². The quantitative estimate of drug-likeness (QED) is 0.699. The Hall–Kier alpha value is -2.59. The molecule has 116 valence electrons. The van der Waals surface area contributed by atoms with Crippen LogP contribution in [0.25, 0.3) is 11.0 Å². The molecule has 0 saturated carbocycles. The van der Waals surface area contributed by atoms with Crippen molar-refractivity contribution in [2.24, 2.45) is 0 Å². The van der Waals surface area contributed by atoms with E-state index in [0.717, 1.165) is 10.9 Å². The zero-order valence-electron chi connectivity index (χ0n) is 12.6. The van der Waals surface area contributed by atoms with E-state index < -0.39 is 0 Å². The Morgan fingerprint density at radius 3 is 2.57 bits per heavy atom. The lowest BCUT2D eigenvalue weighted by molar-refractivity contribution is 0.0993. The number of carbonyl (C=O) groups excluding carboxylic acids is 2. The molecule has 1 heterocycles. The number of nitrogens with one attached hydrogen (secondary N) is 1. The fourth-order valence-electron chi connectivity index (χ4n) is 2.43. The Labute approximate surface area is 138 Å². The molecule has 3 aromatic rings. The number of benzene rings is 2. The van der Waals surface area contributed by atoms with Crippen LogP contribution in [0.2, 0.25) is 5.02 Å². The van der Waals surface area contributed by atoms with Crippen LogP contribution in [0, 0.1) is 6.92 Å². The number of furan rings is 1. The van der Waals surface area contributed by atoms with E-state index in [2.05, 4.69) is 5.32 Å². The lowest BCUT2D eigenvalue weighted by Crippen LogP contribution is -2.12. The standard InChI is InChI=1S/C18H14ClNO3/c1-10-14-7-4-8-15(19)17(14)23-16(10)18(22)20-13-6-3-5-12(9-13)11(2)21/h3-9H,1-2H3,(H,20,22). The topological polar surface area (TPSA) is 59.3 Å². The highest BCUT2D eigenvalue weighted by Gasteiger charge is 2.19. The SMILES string of the molecule is CC(=O)c1cccc(NC(=O)c2oc3c(Cl)cccc3c2C)c1. The van der Waals surface area contributed by atoms with Gasteiger partial charge in [-0.1, -0.05) is 35.9 Å². The van der Waals surface area contributed by atoms with Crippen LogP contribution in [-0.4, -0.2) is 11.7 Å². The third kappa shape index (κ3) is 2.85. The molecule has 0 radical (unpaired) electrons. The second-order valence-corrected chi connectivity index (χ2v) is 5.67. The molecule has 4 nitrogen and oxygen atoms in total. The molecule has 0 atom stereocenters. The average Bonchev–Trinajstić information content (AvgIpc) is 2.86. The summed E-state index contributed by atoms with van der Waals surface area (Å²) in [5.74, 6) is -0.232.